The van der Waals surface area contributed by atoms with Crippen LogP contribution < -0.4 is 0 Å². The van der Waals surface area contributed by atoms with E-state index in [0.717, 1.165) is 11.1 Å². The molecule has 1 fully saturated rings. The molecule has 0 saturated carbocycles. The van der Waals surface area contributed by atoms with Gasteiger partial charge in [0, 0.05) is 18.2 Å². The summed E-state index contributed by atoms with van der Waals surface area (Å²) in [5.74, 6) is 0. The Bertz CT molecular complexity index is 877. The van der Waals surface area contributed by atoms with Gasteiger partial charge in [0.1, 0.15) is 5.60 Å². The van der Waals surface area contributed by atoms with Crippen LogP contribution in [0.15, 0.2) is 54.6 Å². The highest BCUT2D eigenvalue weighted by molar-refractivity contribution is 5.69. The van der Waals surface area contributed by atoms with E-state index in [4.69, 9.17) is 4.74 Å². The lowest BCUT2D eigenvalue weighted by atomic mass is 10.0. The molecule has 0 aromatic heterocycles. The molecule has 1 aliphatic heterocycles. The first-order valence-electron chi connectivity index (χ1n) is 10.1. The highest BCUT2D eigenvalue weighted by atomic mass is 16.6. The predicted molar refractivity (Wildman–Crippen MR) is 113 cm³/mol. The number of aliphatic hydroxyl groups is 1. The number of nitro benzene ring substituents is 1. The Hall–Kier alpha value is -2.93. The van der Waals surface area contributed by atoms with Crippen molar-refractivity contribution in [2.75, 3.05) is 0 Å². The third-order valence-electron chi connectivity index (χ3n) is 5.27. The Morgan fingerprint density at radius 2 is 1.80 bits per heavy atom. The smallest absolute Gasteiger partial charge is 0.410 e. The third kappa shape index (κ3) is 5.16. The van der Waals surface area contributed by atoms with Gasteiger partial charge in [0.15, 0.2) is 0 Å². The van der Waals surface area contributed by atoms with Crippen LogP contribution in [0.2, 0.25) is 0 Å². The van der Waals surface area contributed by atoms with Crippen LogP contribution in [-0.2, 0) is 11.2 Å². The molecule has 2 aromatic carbocycles. The van der Waals surface area contributed by atoms with E-state index >= 15 is 0 Å². The first kappa shape index (κ1) is 21.8. The number of aliphatic hydroxyl groups excluding tert-OH is 1. The van der Waals surface area contributed by atoms with E-state index in [2.05, 4.69) is 0 Å². The van der Waals surface area contributed by atoms with Crippen LogP contribution in [0.3, 0.4) is 0 Å². The van der Waals surface area contributed by atoms with Gasteiger partial charge in [0.25, 0.3) is 5.69 Å². The maximum absolute atomic E-state index is 13.1. The van der Waals surface area contributed by atoms with Crippen LogP contribution in [0.4, 0.5) is 10.5 Å². The van der Waals surface area contributed by atoms with Gasteiger partial charge >= 0.3 is 6.09 Å². The molecule has 2 aromatic rings. The molecule has 3 atom stereocenters. The standard InChI is InChI=1S/C23H28N2O5/c1-23(2,3)30-22(27)24-19(15-16-9-11-18(12-10-16)25(28)29)13-14-20(24)21(26)17-7-5-4-6-8-17/h4-12,19-21,26H,13-15H2,1-3H3/t19-,20-,21-/m1/s1. The van der Waals surface area contributed by atoms with Crippen LogP contribution in [0, 0.1) is 10.1 Å². The van der Waals surface area contributed by atoms with Crippen molar-refractivity contribution in [2.24, 2.45) is 0 Å². The minimum atomic E-state index is -0.819. The summed E-state index contributed by atoms with van der Waals surface area (Å²) in [6, 6.07) is 15.1. The molecule has 30 heavy (non-hydrogen) atoms. The van der Waals surface area contributed by atoms with Gasteiger partial charge in [-0.1, -0.05) is 42.5 Å². The molecule has 0 bridgehead atoms. The molecule has 1 saturated heterocycles. The summed E-state index contributed by atoms with van der Waals surface area (Å²) in [5, 5.41) is 21.9. The second-order valence-electron chi connectivity index (χ2n) is 8.67. The van der Waals surface area contributed by atoms with E-state index < -0.39 is 28.8 Å². The Kier molecular flexibility index (Phi) is 6.41. The van der Waals surface area contributed by atoms with E-state index in [-0.39, 0.29) is 11.7 Å². The Labute approximate surface area is 176 Å². The molecule has 1 N–H and O–H groups in total. The highest BCUT2D eigenvalue weighted by Gasteiger charge is 2.42. The van der Waals surface area contributed by atoms with Crippen molar-refractivity contribution in [3.63, 3.8) is 0 Å². The number of carbonyl (C=O) groups is 1. The number of rotatable bonds is 5. The summed E-state index contributed by atoms with van der Waals surface area (Å²) in [4.78, 5) is 25.2. The number of amides is 1. The van der Waals surface area contributed by atoms with Crippen LogP contribution in [-0.4, -0.2) is 38.7 Å². The van der Waals surface area contributed by atoms with Crippen molar-refractivity contribution < 1.29 is 19.6 Å². The van der Waals surface area contributed by atoms with E-state index in [1.165, 1.54) is 12.1 Å². The minimum Gasteiger partial charge on any atom is -0.444 e. The largest absolute Gasteiger partial charge is 0.444 e. The SMILES string of the molecule is CC(C)(C)OC(=O)N1[C@@H](Cc2ccc([N+](=O)[O-])cc2)CC[C@@H]1[C@H](O)c1ccccc1. The fraction of sp³-hybridized carbons (Fsp3) is 0.435. The van der Waals surface area contributed by atoms with Crippen LogP contribution in [0.25, 0.3) is 0 Å². The summed E-state index contributed by atoms with van der Waals surface area (Å²) in [6.07, 6.45) is 0.625. The third-order valence-corrected chi connectivity index (χ3v) is 5.27. The van der Waals surface area contributed by atoms with Gasteiger partial charge in [-0.25, -0.2) is 4.79 Å². The van der Waals surface area contributed by atoms with Crippen molar-refractivity contribution in [1.29, 1.82) is 0 Å². The zero-order valence-corrected chi connectivity index (χ0v) is 17.5. The van der Waals surface area contributed by atoms with E-state index in [9.17, 15) is 20.0 Å². The van der Waals surface area contributed by atoms with Crippen molar-refractivity contribution in [3.05, 3.63) is 75.8 Å². The molecule has 0 unspecified atom stereocenters. The number of hydrogen-bond acceptors (Lipinski definition) is 5. The highest BCUT2D eigenvalue weighted by Crippen LogP contribution is 2.36. The molecular weight excluding hydrogens is 384 g/mol. The zero-order valence-electron chi connectivity index (χ0n) is 17.5. The predicted octanol–water partition coefficient (Wildman–Crippen LogP) is 4.64. The van der Waals surface area contributed by atoms with Gasteiger partial charge < -0.3 is 9.84 Å². The van der Waals surface area contributed by atoms with E-state index in [1.54, 1.807) is 17.0 Å². The molecule has 0 spiro atoms. The van der Waals surface area contributed by atoms with Crippen LogP contribution in [0.1, 0.15) is 50.8 Å². The molecule has 0 radical (unpaired) electrons. The number of carbonyl (C=O) groups excluding carboxylic acids is 1. The Morgan fingerprint density at radius 3 is 2.37 bits per heavy atom. The lowest BCUT2D eigenvalue weighted by Crippen LogP contribution is -2.47. The summed E-state index contributed by atoms with van der Waals surface area (Å²) in [5.41, 5.74) is 1.03. The lowest BCUT2D eigenvalue weighted by Gasteiger charge is -2.34. The number of nitrogens with zero attached hydrogens (tertiary/aromatic N) is 2. The molecule has 1 aliphatic rings. The van der Waals surface area contributed by atoms with Crippen molar-refractivity contribution in [1.82, 2.24) is 4.90 Å². The first-order chi connectivity index (χ1) is 14.2. The molecule has 3 rings (SSSR count). The number of ether oxygens (including phenoxy) is 1. The number of non-ortho nitro benzene ring substituents is 1. The number of benzene rings is 2. The fourth-order valence-electron chi connectivity index (χ4n) is 3.92. The van der Waals surface area contributed by atoms with Crippen molar-refractivity contribution >= 4 is 11.8 Å². The maximum Gasteiger partial charge on any atom is 0.410 e. The van der Waals surface area contributed by atoms with E-state index in [1.807, 2.05) is 51.1 Å². The second-order valence-corrected chi connectivity index (χ2v) is 8.67. The average Bonchev–Trinajstić information content (AvgIpc) is 3.11. The quantitative estimate of drug-likeness (QED) is 0.570. The maximum atomic E-state index is 13.1. The molecule has 7 nitrogen and oxygen atoms in total. The Balaban J connectivity index is 1.84. The summed E-state index contributed by atoms with van der Waals surface area (Å²) in [7, 11) is 0. The normalized spacial score (nSPS) is 20.1. The molecular formula is C23H28N2O5. The van der Waals surface area contributed by atoms with Gasteiger partial charge in [-0.2, -0.15) is 0 Å². The summed E-state index contributed by atoms with van der Waals surface area (Å²) >= 11 is 0. The number of likely N-dealkylation sites (tertiary alicyclic amines) is 1. The summed E-state index contributed by atoms with van der Waals surface area (Å²) < 4.78 is 5.64. The van der Waals surface area contributed by atoms with Crippen LogP contribution >= 0.6 is 0 Å². The molecule has 7 heteroatoms. The summed E-state index contributed by atoms with van der Waals surface area (Å²) in [6.45, 7) is 5.44. The molecule has 1 amide bonds. The minimum absolute atomic E-state index is 0.0338. The molecule has 0 aliphatic carbocycles. The fourth-order valence-corrected chi connectivity index (χ4v) is 3.92. The monoisotopic (exact) mass is 412 g/mol. The van der Waals surface area contributed by atoms with Gasteiger partial charge in [-0.05, 0) is 51.2 Å². The molecule has 1 heterocycles. The van der Waals surface area contributed by atoms with Crippen LogP contribution in [0.5, 0.6) is 0 Å². The first-order valence-corrected chi connectivity index (χ1v) is 10.1. The molecule has 160 valence electrons. The van der Waals surface area contributed by atoms with E-state index in [0.29, 0.717) is 19.3 Å². The van der Waals surface area contributed by atoms with Gasteiger partial charge in [-0.3, -0.25) is 15.0 Å². The van der Waals surface area contributed by atoms with Gasteiger partial charge in [-0.15, -0.1) is 0 Å². The topological polar surface area (TPSA) is 92.9 Å². The van der Waals surface area contributed by atoms with Crippen molar-refractivity contribution in [2.45, 2.75) is 63.8 Å². The Morgan fingerprint density at radius 1 is 1.17 bits per heavy atom. The second kappa shape index (κ2) is 8.83. The van der Waals surface area contributed by atoms with Gasteiger partial charge in [0.2, 0.25) is 0 Å². The van der Waals surface area contributed by atoms with Crippen molar-refractivity contribution in [3.8, 4) is 0 Å². The lowest BCUT2D eigenvalue weighted by molar-refractivity contribution is -0.384. The number of hydrogen-bond donors (Lipinski definition) is 1. The zero-order chi connectivity index (χ0) is 21.9. The number of nitro groups is 1. The average molecular weight is 412 g/mol. The van der Waals surface area contributed by atoms with Gasteiger partial charge in [0.05, 0.1) is 17.1 Å².